The van der Waals surface area contributed by atoms with Crippen molar-refractivity contribution in [1.82, 2.24) is 9.21 Å². The first kappa shape index (κ1) is 22.1. The van der Waals surface area contributed by atoms with Crippen LogP contribution in [0.2, 0.25) is 0 Å². The van der Waals surface area contributed by atoms with Crippen LogP contribution in [0.25, 0.3) is 0 Å². The number of benzene rings is 2. The van der Waals surface area contributed by atoms with Gasteiger partial charge in [-0.05, 0) is 36.8 Å². The molecule has 0 bridgehead atoms. The number of hydrogen-bond donors (Lipinski definition) is 0. The summed E-state index contributed by atoms with van der Waals surface area (Å²) in [4.78, 5) is 14.4. The Kier molecular flexibility index (Phi) is 5.83. The number of nitrogens with zero attached hydrogens (tertiary/aromatic N) is 3. The number of alkyl halides is 3. The quantitative estimate of drug-likeness (QED) is 0.732. The average Bonchev–Trinajstić information content (AvgIpc) is 3.12. The van der Waals surface area contributed by atoms with Gasteiger partial charge >= 0.3 is 12.1 Å². The fourth-order valence-corrected chi connectivity index (χ4v) is 4.94. The van der Waals surface area contributed by atoms with Gasteiger partial charge in [0.25, 0.3) is 0 Å². The predicted octanol–water partition coefficient (Wildman–Crippen LogP) is 3.16. The Morgan fingerprint density at radius 3 is 2.07 bits per heavy atom. The molecule has 2 aromatic rings. The molecule has 0 spiro atoms. The molecule has 6 nitrogen and oxygen atoms in total. The van der Waals surface area contributed by atoms with Gasteiger partial charge in [0.1, 0.15) is 6.17 Å². The van der Waals surface area contributed by atoms with E-state index in [-0.39, 0.29) is 23.5 Å². The fraction of sp³-hybridized carbons (Fsp3) is 0.350. The maximum Gasteiger partial charge on any atom is 0.471 e. The number of hydrogen-bond acceptors (Lipinski definition) is 4. The molecule has 1 amide bonds. The van der Waals surface area contributed by atoms with E-state index in [0.29, 0.717) is 4.90 Å². The topological polar surface area (TPSA) is 60.9 Å². The largest absolute Gasteiger partial charge is 0.471 e. The van der Waals surface area contributed by atoms with E-state index in [1.165, 1.54) is 12.1 Å². The van der Waals surface area contributed by atoms with Crippen LogP contribution in [0.3, 0.4) is 0 Å². The van der Waals surface area contributed by atoms with Gasteiger partial charge in [0.15, 0.2) is 0 Å². The van der Waals surface area contributed by atoms with E-state index in [1.54, 1.807) is 62.3 Å². The second-order valence-corrected chi connectivity index (χ2v) is 9.18. The Morgan fingerprint density at radius 1 is 1.00 bits per heavy atom. The molecule has 0 aliphatic carbocycles. The van der Waals surface area contributed by atoms with Crippen molar-refractivity contribution < 1.29 is 26.4 Å². The molecule has 1 aliphatic rings. The molecule has 1 aliphatic heterocycles. The summed E-state index contributed by atoms with van der Waals surface area (Å²) >= 11 is 0. The third kappa shape index (κ3) is 4.15. The van der Waals surface area contributed by atoms with Gasteiger partial charge in [-0.15, -0.1) is 0 Å². The summed E-state index contributed by atoms with van der Waals surface area (Å²) in [6, 6.07) is 12.5. The standard InChI is InChI=1S/C20H22F3N3O3S/c1-14-4-10-17(11-5-14)30(28,29)26-13-12-25(19(27)20(21,22)23)18(26)15-6-8-16(9-7-15)24(2)3/h4-11,18H,12-13H2,1-3H3/t18-/m1/s1. The molecule has 162 valence electrons. The van der Waals surface area contributed by atoms with Crippen LogP contribution in [-0.4, -0.2) is 56.9 Å². The molecule has 1 atom stereocenters. The summed E-state index contributed by atoms with van der Waals surface area (Å²) in [6.45, 7) is 1.20. The first-order chi connectivity index (χ1) is 13.9. The monoisotopic (exact) mass is 441 g/mol. The van der Waals surface area contributed by atoms with Crippen LogP contribution in [0.1, 0.15) is 17.3 Å². The minimum absolute atomic E-state index is 0.0377. The molecule has 10 heteroatoms. The lowest BCUT2D eigenvalue weighted by Crippen LogP contribution is -2.43. The maximum atomic E-state index is 13.2. The van der Waals surface area contributed by atoms with Gasteiger partial charge in [0, 0.05) is 32.9 Å². The van der Waals surface area contributed by atoms with Crippen molar-refractivity contribution >= 4 is 21.6 Å². The van der Waals surface area contributed by atoms with Gasteiger partial charge in [0.2, 0.25) is 10.0 Å². The van der Waals surface area contributed by atoms with Gasteiger partial charge in [-0.1, -0.05) is 29.8 Å². The molecule has 1 fully saturated rings. The molecule has 0 aromatic heterocycles. The lowest BCUT2D eigenvalue weighted by molar-refractivity contribution is -0.187. The second kappa shape index (κ2) is 7.92. The summed E-state index contributed by atoms with van der Waals surface area (Å²) in [7, 11) is -0.522. The minimum atomic E-state index is -5.11. The number of amides is 1. The maximum absolute atomic E-state index is 13.2. The molecule has 1 heterocycles. The zero-order valence-corrected chi connectivity index (χ0v) is 17.5. The van der Waals surface area contributed by atoms with Crippen molar-refractivity contribution in [2.75, 3.05) is 32.1 Å². The molecular formula is C20H22F3N3O3S. The Hall–Kier alpha value is -2.59. The Balaban J connectivity index is 2.07. The van der Waals surface area contributed by atoms with Crippen LogP contribution in [0, 0.1) is 6.92 Å². The van der Waals surface area contributed by atoms with Crippen molar-refractivity contribution in [2.45, 2.75) is 24.2 Å². The highest BCUT2D eigenvalue weighted by Gasteiger charge is 2.51. The van der Waals surface area contributed by atoms with Gasteiger partial charge in [-0.2, -0.15) is 17.5 Å². The summed E-state index contributed by atoms with van der Waals surface area (Å²) < 4.78 is 66.9. The van der Waals surface area contributed by atoms with Gasteiger partial charge < -0.3 is 9.80 Å². The van der Waals surface area contributed by atoms with E-state index in [1.807, 2.05) is 0 Å². The van der Waals surface area contributed by atoms with E-state index in [4.69, 9.17) is 0 Å². The zero-order chi connectivity index (χ0) is 22.3. The highest BCUT2D eigenvalue weighted by atomic mass is 32.2. The SMILES string of the molecule is Cc1ccc(S(=O)(=O)N2CCN(C(=O)C(F)(F)F)[C@H]2c2ccc(N(C)C)cc2)cc1. The predicted molar refractivity (Wildman–Crippen MR) is 106 cm³/mol. The van der Waals surface area contributed by atoms with E-state index >= 15 is 0 Å². The minimum Gasteiger partial charge on any atom is -0.378 e. The van der Waals surface area contributed by atoms with Crippen molar-refractivity contribution in [3.8, 4) is 0 Å². The number of aryl methyl sites for hydroxylation is 1. The van der Waals surface area contributed by atoms with E-state index < -0.39 is 28.3 Å². The molecule has 0 unspecified atom stereocenters. The van der Waals surface area contributed by atoms with Crippen LogP contribution in [0.4, 0.5) is 18.9 Å². The first-order valence-electron chi connectivity index (χ1n) is 9.16. The molecule has 2 aromatic carbocycles. The molecule has 0 saturated carbocycles. The number of anilines is 1. The summed E-state index contributed by atoms with van der Waals surface area (Å²) in [6.07, 6.45) is -6.49. The number of halogens is 3. The third-order valence-electron chi connectivity index (χ3n) is 4.97. The molecular weight excluding hydrogens is 419 g/mol. The fourth-order valence-electron chi connectivity index (χ4n) is 3.37. The Bertz CT molecular complexity index is 1020. The number of rotatable bonds is 4. The smallest absolute Gasteiger partial charge is 0.378 e. The molecule has 3 rings (SSSR count). The van der Waals surface area contributed by atoms with Gasteiger partial charge in [-0.25, -0.2) is 8.42 Å². The second-order valence-electron chi connectivity index (χ2n) is 7.28. The van der Waals surface area contributed by atoms with E-state index in [2.05, 4.69) is 0 Å². The molecule has 1 saturated heterocycles. The van der Waals surface area contributed by atoms with Crippen LogP contribution < -0.4 is 4.90 Å². The van der Waals surface area contributed by atoms with Crippen LogP contribution >= 0.6 is 0 Å². The van der Waals surface area contributed by atoms with Crippen molar-refractivity contribution in [1.29, 1.82) is 0 Å². The number of sulfonamides is 1. The van der Waals surface area contributed by atoms with Crippen molar-refractivity contribution in [3.63, 3.8) is 0 Å². The molecule has 0 radical (unpaired) electrons. The number of carbonyl (C=O) groups excluding carboxylic acids is 1. The Morgan fingerprint density at radius 2 is 1.57 bits per heavy atom. The van der Waals surface area contributed by atoms with Crippen LogP contribution in [0.15, 0.2) is 53.4 Å². The first-order valence-corrected chi connectivity index (χ1v) is 10.6. The lowest BCUT2D eigenvalue weighted by atomic mass is 10.1. The van der Waals surface area contributed by atoms with E-state index in [0.717, 1.165) is 15.6 Å². The van der Waals surface area contributed by atoms with Gasteiger partial charge in [-0.3, -0.25) is 4.79 Å². The Labute approximate surface area is 173 Å². The average molecular weight is 441 g/mol. The summed E-state index contributed by atoms with van der Waals surface area (Å²) in [5.41, 5.74) is 1.92. The lowest BCUT2D eigenvalue weighted by Gasteiger charge is -2.30. The van der Waals surface area contributed by atoms with Crippen molar-refractivity contribution in [2.24, 2.45) is 0 Å². The van der Waals surface area contributed by atoms with Gasteiger partial charge in [0.05, 0.1) is 4.90 Å². The highest BCUT2D eigenvalue weighted by molar-refractivity contribution is 7.89. The summed E-state index contributed by atoms with van der Waals surface area (Å²) in [5, 5.41) is 0. The third-order valence-corrected chi connectivity index (χ3v) is 6.84. The summed E-state index contributed by atoms with van der Waals surface area (Å²) in [5.74, 6) is -2.06. The van der Waals surface area contributed by atoms with Crippen molar-refractivity contribution in [3.05, 3.63) is 59.7 Å². The van der Waals surface area contributed by atoms with Crippen LogP contribution in [-0.2, 0) is 14.8 Å². The molecule has 30 heavy (non-hydrogen) atoms. The van der Waals surface area contributed by atoms with E-state index in [9.17, 15) is 26.4 Å². The van der Waals surface area contributed by atoms with Crippen LogP contribution in [0.5, 0.6) is 0 Å². The number of carbonyl (C=O) groups is 1. The normalized spacial score (nSPS) is 17.9. The zero-order valence-electron chi connectivity index (χ0n) is 16.7. The highest BCUT2D eigenvalue weighted by Crippen LogP contribution is 2.38. The molecule has 0 N–H and O–H groups in total.